The number of nitrogens with zero attached hydrogens (tertiary/aromatic N) is 1. The van der Waals surface area contributed by atoms with Crippen molar-refractivity contribution in [3.8, 4) is 0 Å². The molecule has 2 aromatic rings. The summed E-state index contributed by atoms with van der Waals surface area (Å²) in [6.45, 7) is 1.20. The van der Waals surface area contributed by atoms with Crippen LogP contribution in [0.25, 0.3) is 0 Å². The Morgan fingerprint density at radius 3 is 2.48 bits per heavy atom. The minimum atomic E-state index is -3.48. The van der Waals surface area contributed by atoms with Crippen molar-refractivity contribution in [1.29, 1.82) is 0 Å². The summed E-state index contributed by atoms with van der Waals surface area (Å²) in [5.41, 5.74) is -0.00605. The highest BCUT2D eigenvalue weighted by molar-refractivity contribution is 9.10. The fourth-order valence-electron chi connectivity index (χ4n) is 3.10. The highest BCUT2D eigenvalue weighted by atomic mass is 79.9. The highest BCUT2D eigenvalue weighted by Gasteiger charge is 2.29. The van der Waals surface area contributed by atoms with Crippen LogP contribution in [0, 0.1) is 11.7 Å². The van der Waals surface area contributed by atoms with Gasteiger partial charge in [-0.1, -0.05) is 34.1 Å². The molecular weight excluding hydrogens is 435 g/mol. The number of halogens is 2. The van der Waals surface area contributed by atoms with Gasteiger partial charge in [-0.25, -0.2) is 12.8 Å². The van der Waals surface area contributed by atoms with Crippen LogP contribution >= 0.6 is 15.9 Å². The van der Waals surface area contributed by atoms with Gasteiger partial charge in [-0.05, 0) is 49.1 Å². The highest BCUT2D eigenvalue weighted by Crippen LogP contribution is 2.23. The van der Waals surface area contributed by atoms with Gasteiger partial charge in [-0.3, -0.25) is 4.79 Å². The van der Waals surface area contributed by atoms with E-state index in [1.54, 1.807) is 30.3 Å². The summed E-state index contributed by atoms with van der Waals surface area (Å²) in [7, 11) is -3.48. The van der Waals surface area contributed by atoms with E-state index in [-0.39, 0.29) is 11.5 Å². The van der Waals surface area contributed by atoms with Crippen LogP contribution in [-0.2, 0) is 10.0 Å². The quantitative estimate of drug-likeness (QED) is 0.752. The van der Waals surface area contributed by atoms with Crippen molar-refractivity contribution >= 4 is 31.9 Å². The SMILES string of the molecule is O=C(NCC1CCN(S(=O)(=O)c2ccccc2)CC1)c1cc(Br)ccc1F. The predicted molar refractivity (Wildman–Crippen MR) is 104 cm³/mol. The molecule has 1 heterocycles. The van der Waals surface area contributed by atoms with E-state index in [4.69, 9.17) is 0 Å². The van der Waals surface area contributed by atoms with Gasteiger partial charge in [0.1, 0.15) is 5.82 Å². The monoisotopic (exact) mass is 454 g/mol. The second-order valence-corrected chi connectivity index (χ2v) is 9.35. The summed E-state index contributed by atoms with van der Waals surface area (Å²) in [4.78, 5) is 12.5. The van der Waals surface area contributed by atoms with E-state index in [0.29, 0.717) is 41.8 Å². The van der Waals surface area contributed by atoms with E-state index in [2.05, 4.69) is 21.2 Å². The molecule has 0 atom stereocenters. The molecule has 1 aliphatic heterocycles. The van der Waals surface area contributed by atoms with E-state index in [1.165, 1.54) is 22.5 Å². The van der Waals surface area contributed by atoms with Crippen LogP contribution < -0.4 is 5.32 Å². The van der Waals surface area contributed by atoms with E-state index < -0.39 is 21.7 Å². The molecule has 1 amide bonds. The first-order valence-electron chi connectivity index (χ1n) is 8.66. The molecule has 27 heavy (non-hydrogen) atoms. The van der Waals surface area contributed by atoms with E-state index in [1.807, 2.05) is 0 Å². The van der Waals surface area contributed by atoms with Gasteiger partial charge in [0.15, 0.2) is 0 Å². The van der Waals surface area contributed by atoms with Gasteiger partial charge in [0.05, 0.1) is 10.5 Å². The standard InChI is InChI=1S/C19H20BrFN2O3S/c20-15-6-7-18(21)17(12-15)19(24)22-13-14-8-10-23(11-9-14)27(25,26)16-4-2-1-3-5-16/h1-7,12,14H,8-11,13H2,(H,22,24). The molecule has 1 aliphatic rings. The Hall–Kier alpha value is -1.77. The van der Waals surface area contributed by atoms with Gasteiger partial charge < -0.3 is 5.32 Å². The molecule has 1 saturated heterocycles. The van der Waals surface area contributed by atoms with Crippen molar-refractivity contribution in [2.24, 2.45) is 5.92 Å². The van der Waals surface area contributed by atoms with Crippen molar-refractivity contribution in [3.63, 3.8) is 0 Å². The Morgan fingerprint density at radius 2 is 1.81 bits per heavy atom. The van der Waals surface area contributed by atoms with Gasteiger partial charge in [0.25, 0.3) is 5.91 Å². The van der Waals surface area contributed by atoms with Crippen LogP contribution in [0.1, 0.15) is 23.2 Å². The fourth-order valence-corrected chi connectivity index (χ4v) is 4.95. The number of piperidine rings is 1. The first kappa shape index (κ1) is 20.0. The van der Waals surface area contributed by atoms with Gasteiger partial charge >= 0.3 is 0 Å². The molecule has 2 aromatic carbocycles. The van der Waals surface area contributed by atoms with Crippen LogP contribution in [0.15, 0.2) is 57.9 Å². The summed E-state index contributed by atoms with van der Waals surface area (Å²) >= 11 is 3.23. The molecule has 0 saturated carbocycles. The van der Waals surface area contributed by atoms with Crippen LogP contribution in [-0.4, -0.2) is 38.3 Å². The van der Waals surface area contributed by atoms with Crippen LogP contribution in [0.3, 0.4) is 0 Å². The minimum Gasteiger partial charge on any atom is -0.352 e. The zero-order valence-electron chi connectivity index (χ0n) is 14.6. The lowest BCUT2D eigenvalue weighted by Crippen LogP contribution is -2.41. The molecule has 0 aromatic heterocycles. The number of hydrogen-bond donors (Lipinski definition) is 1. The summed E-state index contributed by atoms with van der Waals surface area (Å²) in [6, 6.07) is 12.6. The molecule has 0 bridgehead atoms. The van der Waals surface area contributed by atoms with Crippen LogP contribution in [0.2, 0.25) is 0 Å². The number of carbonyl (C=O) groups excluding carboxylic acids is 1. The molecule has 5 nitrogen and oxygen atoms in total. The zero-order valence-corrected chi connectivity index (χ0v) is 17.0. The number of carbonyl (C=O) groups is 1. The molecule has 0 radical (unpaired) electrons. The number of sulfonamides is 1. The largest absolute Gasteiger partial charge is 0.352 e. The molecule has 1 fully saturated rings. The number of rotatable bonds is 5. The topological polar surface area (TPSA) is 66.5 Å². The van der Waals surface area contributed by atoms with Gasteiger partial charge in [0.2, 0.25) is 10.0 Å². The number of hydrogen-bond acceptors (Lipinski definition) is 3. The Morgan fingerprint density at radius 1 is 1.15 bits per heavy atom. The average Bonchev–Trinajstić information content (AvgIpc) is 2.69. The van der Waals surface area contributed by atoms with E-state index in [0.717, 1.165) is 0 Å². The second kappa shape index (κ2) is 8.50. The Labute approximate surface area is 166 Å². The van der Waals surface area contributed by atoms with Gasteiger partial charge in [0, 0.05) is 24.1 Å². The van der Waals surface area contributed by atoms with Crippen molar-refractivity contribution < 1.29 is 17.6 Å². The van der Waals surface area contributed by atoms with Crippen molar-refractivity contribution in [3.05, 3.63) is 64.4 Å². The number of nitrogens with one attached hydrogen (secondary N) is 1. The summed E-state index contributed by atoms with van der Waals surface area (Å²) in [6.07, 6.45) is 1.29. The Balaban J connectivity index is 1.54. The normalized spacial score (nSPS) is 16.2. The molecule has 1 N–H and O–H groups in total. The fraction of sp³-hybridized carbons (Fsp3) is 0.316. The third-order valence-corrected chi connectivity index (χ3v) is 7.08. The minimum absolute atomic E-state index is 0.00605. The predicted octanol–water partition coefficient (Wildman–Crippen LogP) is 3.42. The maximum absolute atomic E-state index is 13.8. The van der Waals surface area contributed by atoms with E-state index in [9.17, 15) is 17.6 Å². The molecule has 0 aliphatic carbocycles. The molecular formula is C19H20BrFN2O3S. The van der Waals surface area contributed by atoms with Crippen molar-refractivity contribution in [2.45, 2.75) is 17.7 Å². The molecule has 144 valence electrons. The lowest BCUT2D eigenvalue weighted by atomic mass is 9.98. The van der Waals surface area contributed by atoms with Crippen LogP contribution in [0.5, 0.6) is 0 Å². The summed E-state index contributed by atoms with van der Waals surface area (Å²) < 4.78 is 41.1. The molecule has 3 rings (SSSR count). The molecule has 8 heteroatoms. The lowest BCUT2D eigenvalue weighted by molar-refractivity contribution is 0.0937. The average molecular weight is 455 g/mol. The smallest absolute Gasteiger partial charge is 0.254 e. The zero-order chi connectivity index (χ0) is 19.4. The molecule has 0 spiro atoms. The van der Waals surface area contributed by atoms with Gasteiger partial charge in [-0.15, -0.1) is 0 Å². The third-order valence-electron chi connectivity index (χ3n) is 4.68. The van der Waals surface area contributed by atoms with Crippen LogP contribution in [0.4, 0.5) is 4.39 Å². The lowest BCUT2D eigenvalue weighted by Gasteiger charge is -2.31. The summed E-state index contributed by atoms with van der Waals surface area (Å²) in [5.74, 6) is -0.876. The number of benzene rings is 2. The first-order valence-corrected chi connectivity index (χ1v) is 10.9. The second-order valence-electron chi connectivity index (χ2n) is 6.49. The van der Waals surface area contributed by atoms with Gasteiger partial charge in [-0.2, -0.15) is 4.31 Å². The third kappa shape index (κ3) is 4.75. The summed E-state index contributed by atoms with van der Waals surface area (Å²) in [5, 5.41) is 2.75. The maximum Gasteiger partial charge on any atom is 0.254 e. The van der Waals surface area contributed by atoms with Crippen molar-refractivity contribution in [2.75, 3.05) is 19.6 Å². The Bertz CT molecular complexity index is 914. The maximum atomic E-state index is 13.8. The molecule has 0 unspecified atom stereocenters. The van der Waals surface area contributed by atoms with E-state index >= 15 is 0 Å². The number of amides is 1. The first-order chi connectivity index (χ1) is 12.9. The Kier molecular flexibility index (Phi) is 6.29. The van der Waals surface area contributed by atoms with Crippen molar-refractivity contribution in [1.82, 2.24) is 9.62 Å².